The van der Waals surface area contributed by atoms with Crippen LogP contribution in [0.25, 0.3) is 0 Å². The summed E-state index contributed by atoms with van der Waals surface area (Å²) in [6.07, 6.45) is 4.22. The predicted molar refractivity (Wildman–Crippen MR) is 108 cm³/mol. The number of nitrogen functional groups attached to an aromatic ring is 1. The summed E-state index contributed by atoms with van der Waals surface area (Å²) in [4.78, 5) is 16.6. The van der Waals surface area contributed by atoms with Gasteiger partial charge in [-0.3, -0.25) is 4.79 Å². The van der Waals surface area contributed by atoms with Crippen LogP contribution in [0.3, 0.4) is 0 Å². The van der Waals surface area contributed by atoms with Crippen molar-refractivity contribution in [3.63, 3.8) is 0 Å². The highest BCUT2D eigenvalue weighted by molar-refractivity contribution is 7.89. The average Bonchev–Trinajstić information content (AvgIpc) is 2.64. The van der Waals surface area contributed by atoms with Gasteiger partial charge in [-0.2, -0.15) is 4.31 Å². The van der Waals surface area contributed by atoms with Crippen LogP contribution in [0, 0.1) is 6.92 Å². The van der Waals surface area contributed by atoms with E-state index in [0.717, 1.165) is 19.3 Å². The van der Waals surface area contributed by atoms with Gasteiger partial charge in [0.2, 0.25) is 10.0 Å². The number of rotatable bonds is 4. The van der Waals surface area contributed by atoms with Crippen molar-refractivity contribution in [1.82, 2.24) is 9.29 Å². The van der Waals surface area contributed by atoms with Gasteiger partial charge in [0, 0.05) is 18.7 Å². The Morgan fingerprint density at radius 2 is 1.85 bits per heavy atom. The standard InChI is InChI=1S/C18H22N4O3S.ClH/c1-13-5-6-14(18(23)21-15-7-8-17(19)20-12-15)11-16(13)26(24,25)22-9-3-2-4-10-22;/h5-8,11-12H,2-4,9-10H2,1H3,(H2,19,20)(H,21,23);1H. The van der Waals surface area contributed by atoms with Crippen LogP contribution in [0.4, 0.5) is 11.5 Å². The molecule has 7 nitrogen and oxygen atoms in total. The molecule has 0 bridgehead atoms. The Morgan fingerprint density at radius 3 is 2.48 bits per heavy atom. The first kappa shape index (κ1) is 21.1. The fraction of sp³-hybridized carbons (Fsp3) is 0.333. The Hall–Kier alpha value is -2.16. The highest BCUT2D eigenvalue weighted by Crippen LogP contribution is 2.24. The molecule has 1 aliphatic rings. The smallest absolute Gasteiger partial charge is 0.255 e. The zero-order chi connectivity index (χ0) is 18.7. The molecule has 1 fully saturated rings. The van der Waals surface area contributed by atoms with Crippen molar-refractivity contribution in [1.29, 1.82) is 0 Å². The molecule has 0 atom stereocenters. The Bertz CT molecular complexity index is 911. The van der Waals surface area contributed by atoms with E-state index in [2.05, 4.69) is 10.3 Å². The van der Waals surface area contributed by atoms with Crippen molar-refractivity contribution in [3.05, 3.63) is 47.7 Å². The molecule has 1 aromatic carbocycles. The summed E-state index contributed by atoms with van der Waals surface area (Å²) < 4.78 is 27.4. The van der Waals surface area contributed by atoms with Crippen molar-refractivity contribution in [3.8, 4) is 0 Å². The van der Waals surface area contributed by atoms with Crippen LogP contribution in [-0.4, -0.2) is 36.7 Å². The zero-order valence-corrected chi connectivity index (χ0v) is 16.6. The number of halogens is 1. The number of pyridine rings is 1. The van der Waals surface area contributed by atoms with Crippen molar-refractivity contribution < 1.29 is 13.2 Å². The molecule has 2 aromatic rings. The molecule has 1 aromatic heterocycles. The lowest BCUT2D eigenvalue weighted by molar-refractivity contribution is 0.102. The molecular formula is C18H23ClN4O3S. The number of amides is 1. The summed E-state index contributed by atoms with van der Waals surface area (Å²) >= 11 is 0. The minimum absolute atomic E-state index is 0. The third-order valence-corrected chi connectivity index (χ3v) is 6.47. The van der Waals surface area contributed by atoms with Crippen LogP contribution < -0.4 is 11.1 Å². The van der Waals surface area contributed by atoms with Gasteiger partial charge in [0.25, 0.3) is 5.91 Å². The molecule has 0 saturated carbocycles. The molecule has 27 heavy (non-hydrogen) atoms. The number of nitrogens with zero attached hydrogens (tertiary/aromatic N) is 2. The molecular weight excluding hydrogens is 388 g/mol. The molecule has 3 N–H and O–H groups in total. The number of benzene rings is 1. The summed E-state index contributed by atoms with van der Waals surface area (Å²) in [6.45, 7) is 2.78. The second kappa shape index (κ2) is 8.69. The number of aromatic nitrogens is 1. The minimum Gasteiger partial charge on any atom is -0.384 e. The third kappa shape index (κ3) is 4.77. The maximum atomic E-state index is 12.9. The number of anilines is 2. The highest BCUT2D eigenvalue weighted by Gasteiger charge is 2.28. The molecule has 1 saturated heterocycles. The van der Waals surface area contributed by atoms with Gasteiger partial charge in [0.1, 0.15) is 5.82 Å². The summed E-state index contributed by atoms with van der Waals surface area (Å²) in [5, 5.41) is 2.70. The Kier molecular flexibility index (Phi) is 6.80. The maximum absolute atomic E-state index is 12.9. The molecule has 1 aliphatic heterocycles. The van der Waals surface area contributed by atoms with E-state index in [0.29, 0.717) is 30.2 Å². The van der Waals surface area contributed by atoms with Crippen LogP contribution in [-0.2, 0) is 10.0 Å². The van der Waals surface area contributed by atoms with Gasteiger partial charge in [-0.25, -0.2) is 13.4 Å². The van der Waals surface area contributed by atoms with Gasteiger partial charge in [-0.15, -0.1) is 12.4 Å². The van der Waals surface area contributed by atoms with E-state index in [1.807, 2.05) is 0 Å². The van der Waals surface area contributed by atoms with Crippen molar-refractivity contribution in [2.24, 2.45) is 0 Å². The average molecular weight is 411 g/mol. The Labute approximate surface area is 165 Å². The zero-order valence-electron chi connectivity index (χ0n) is 15.0. The summed E-state index contributed by atoms with van der Waals surface area (Å²) in [5.41, 5.74) is 6.93. The van der Waals surface area contributed by atoms with Crippen LogP contribution in [0.2, 0.25) is 0 Å². The summed E-state index contributed by atoms with van der Waals surface area (Å²) in [6, 6.07) is 7.94. The van der Waals surface area contributed by atoms with E-state index < -0.39 is 15.9 Å². The van der Waals surface area contributed by atoms with Gasteiger partial charge in [-0.05, 0) is 49.6 Å². The second-order valence-electron chi connectivity index (χ2n) is 6.37. The second-order valence-corrected chi connectivity index (χ2v) is 8.28. The quantitative estimate of drug-likeness (QED) is 0.806. The molecule has 0 spiro atoms. The molecule has 9 heteroatoms. The third-order valence-electron chi connectivity index (χ3n) is 4.43. The molecule has 3 rings (SSSR count). The SMILES string of the molecule is Cc1ccc(C(=O)Nc2ccc(N)nc2)cc1S(=O)(=O)N1CCCCC1.Cl. The van der Waals surface area contributed by atoms with Crippen LogP contribution in [0.1, 0.15) is 35.2 Å². The van der Waals surface area contributed by atoms with Gasteiger partial charge >= 0.3 is 0 Å². The monoisotopic (exact) mass is 410 g/mol. The lowest BCUT2D eigenvalue weighted by Crippen LogP contribution is -2.36. The summed E-state index contributed by atoms with van der Waals surface area (Å²) in [7, 11) is -3.60. The minimum atomic E-state index is -3.60. The fourth-order valence-corrected chi connectivity index (χ4v) is 4.71. The topological polar surface area (TPSA) is 105 Å². The lowest BCUT2D eigenvalue weighted by Gasteiger charge is -2.26. The summed E-state index contributed by atoms with van der Waals surface area (Å²) in [5.74, 6) is -0.0417. The number of hydrogen-bond donors (Lipinski definition) is 2. The van der Waals surface area contributed by atoms with Gasteiger partial charge in [0.15, 0.2) is 0 Å². The first-order valence-corrected chi connectivity index (χ1v) is 9.95. The van der Waals surface area contributed by atoms with Gasteiger partial charge in [-0.1, -0.05) is 12.5 Å². The van der Waals surface area contributed by atoms with Crippen LogP contribution in [0.15, 0.2) is 41.4 Å². The molecule has 0 radical (unpaired) electrons. The first-order valence-electron chi connectivity index (χ1n) is 8.51. The normalized spacial score (nSPS) is 15.0. The van der Waals surface area contributed by atoms with Crippen molar-refractivity contribution >= 4 is 39.8 Å². The van der Waals surface area contributed by atoms with E-state index in [-0.39, 0.29) is 22.9 Å². The molecule has 0 unspecified atom stereocenters. The number of sulfonamides is 1. The highest BCUT2D eigenvalue weighted by atomic mass is 35.5. The lowest BCUT2D eigenvalue weighted by atomic mass is 10.1. The molecule has 2 heterocycles. The molecule has 146 valence electrons. The Balaban J connectivity index is 0.00000261. The van der Waals surface area contributed by atoms with Crippen LogP contribution in [0.5, 0.6) is 0 Å². The predicted octanol–water partition coefficient (Wildman–Crippen LogP) is 2.82. The fourth-order valence-electron chi connectivity index (χ4n) is 2.95. The van der Waals surface area contributed by atoms with Gasteiger partial charge < -0.3 is 11.1 Å². The number of aryl methyl sites for hydroxylation is 1. The number of piperidine rings is 1. The largest absolute Gasteiger partial charge is 0.384 e. The van der Waals surface area contributed by atoms with E-state index in [9.17, 15) is 13.2 Å². The number of hydrogen-bond acceptors (Lipinski definition) is 5. The number of carbonyl (C=O) groups is 1. The Morgan fingerprint density at radius 1 is 1.15 bits per heavy atom. The van der Waals surface area contributed by atoms with Crippen molar-refractivity contribution in [2.75, 3.05) is 24.1 Å². The van der Waals surface area contributed by atoms with E-state index in [4.69, 9.17) is 5.73 Å². The van der Waals surface area contributed by atoms with E-state index >= 15 is 0 Å². The van der Waals surface area contributed by atoms with E-state index in [1.165, 1.54) is 16.6 Å². The van der Waals surface area contributed by atoms with Crippen molar-refractivity contribution in [2.45, 2.75) is 31.1 Å². The maximum Gasteiger partial charge on any atom is 0.255 e. The molecule has 0 aliphatic carbocycles. The van der Waals surface area contributed by atoms with E-state index in [1.54, 1.807) is 31.2 Å². The molecule has 1 amide bonds. The van der Waals surface area contributed by atoms with Crippen LogP contribution >= 0.6 is 12.4 Å². The van der Waals surface area contributed by atoms with Gasteiger partial charge in [0.05, 0.1) is 16.8 Å². The first-order chi connectivity index (χ1) is 12.4. The number of nitrogens with two attached hydrogens (primary N) is 1. The number of carbonyl (C=O) groups excluding carboxylic acids is 1. The number of nitrogens with one attached hydrogen (secondary N) is 1.